The molecule has 0 heterocycles. The molecule has 0 aliphatic rings. The minimum Gasteiger partial charge on any atom is -0.480 e. The van der Waals surface area contributed by atoms with Gasteiger partial charge in [0.1, 0.15) is 11.9 Å². The van der Waals surface area contributed by atoms with Crippen LogP contribution in [0.1, 0.15) is 13.3 Å². The molecular weight excluding hydrogens is 286 g/mol. The Morgan fingerprint density at radius 1 is 1.45 bits per heavy atom. The van der Waals surface area contributed by atoms with Gasteiger partial charge in [-0.3, -0.25) is 4.79 Å². The second kappa shape index (κ2) is 7.72. The van der Waals surface area contributed by atoms with Crippen molar-refractivity contribution in [2.24, 2.45) is 0 Å². The molecule has 110 valence electrons. The summed E-state index contributed by atoms with van der Waals surface area (Å²) in [7, 11) is 1.46. The van der Waals surface area contributed by atoms with Crippen molar-refractivity contribution in [3.63, 3.8) is 0 Å². The summed E-state index contributed by atoms with van der Waals surface area (Å²) in [5.41, 5.74) is 0.484. The van der Waals surface area contributed by atoms with Crippen LogP contribution in [0.2, 0.25) is 5.02 Å². The fourth-order valence-corrected chi connectivity index (χ4v) is 1.75. The van der Waals surface area contributed by atoms with Gasteiger partial charge in [-0.2, -0.15) is 0 Å². The molecule has 0 aliphatic carbocycles. The number of benzene rings is 1. The van der Waals surface area contributed by atoms with Crippen LogP contribution in [0.25, 0.3) is 0 Å². The number of amides is 1. The van der Waals surface area contributed by atoms with Crippen molar-refractivity contribution in [3.05, 3.63) is 23.2 Å². The smallest absolute Gasteiger partial charge is 0.341 e. The predicted molar refractivity (Wildman–Crippen MR) is 74.3 cm³/mol. The summed E-state index contributed by atoms with van der Waals surface area (Å²) >= 11 is 5.94. The Labute approximate surface area is 121 Å². The number of methoxy groups -OCH3 is 1. The summed E-state index contributed by atoms with van der Waals surface area (Å²) in [4.78, 5) is 22.2. The van der Waals surface area contributed by atoms with Crippen molar-refractivity contribution in [1.29, 1.82) is 0 Å². The monoisotopic (exact) mass is 301 g/mol. The van der Waals surface area contributed by atoms with Gasteiger partial charge < -0.3 is 19.9 Å². The summed E-state index contributed by atoms with van der Waals surface area (Å²) < 4.78 is 10.00. The standard InChI is InChI=1S/C13H16ClNO5/c1-3-10(19-2)13(18)15-8-4-5-11(9(14)6-8)20-7-12(16)17/h4-6,10H,3,7H2,1-2H3,(H,15,18)(H,16,17). The van der Waals surface area contributed by atoms with Crippen LogP contribution in [0.3, 0.4) is 0 Å². The van der Waals surface area contributed by atoms with Crippen LogP contribution < -0.4 is 10.1 Å². The molecule has 20 heavy (non-hydrogen) atoms. The Balaban J connectivity index is 2.72. The molecule has 7 heteroatoms. The van der Waals surface area contributed by atoms with Crippen LogP contribution in [-0.4, -0.2) is 36.8 Å². The number of hydrogen-bond donors (Lipinski definition) is 2. The lowest BCUT2D eigenvalue weighted by Gasteiger charge is -2.14. The fraction of sp³-hybridized carbons (Fsp3) is 0.385. The number of carboxylic acid groups (broad SMARTS) is 1. The lowest BCUT2D eigenvalue weighted by atomic mass is 10.2. The zero-order chi connectivity index (χ0) is 15.1. The summed E-state index contributed by atoms with van der Waals surface area (Å²) in [6.45, 7) is 1.36. The molecule has 0 aromatic heterocycles. The van der Waals surface area contributed by atoms with Crippen molar-refractivity contribution < 1.29 is 24.2 Å². The highest BCUT2D eigenvalue weighted by Gasteiger charge is 2.16. The van der Waals surface area contributed by atoms with Crippen molar-refractivity contribution in [1.82, 2.24) is 0 Å². The van der Waals surface area contributed by atoms with Gasteiger partial charge in [0.05, 0.1) is 5.02 Å². The number of ether oxygens (including phenoxy) is 2. The van der Waals surface area contributed by atoms with Gasteiger partial charge >= 0.3 is 5.97 Å². The van der Waals surface area contributed by atoms with E-state index in [1.807, 2.05) is 6.92 Å². The molecule has 0 aliphatic heterocycles. The average Bonchev–Trinajstić information content (AvgIpc) is 2.39. The molecule has 2 N–H and O–H groups in total. The summed E-state index contributed by atoms with van der Waals surface area (Å²) in [5, 5.41) is 11.4. The van der Waals surface area contributed by atoms with Crippen molar-refractivity contribution >= 4 is 29.2 Å². The average molecular weight is 302 g/mol. The fourth-order valence-electron chi connectivity index (χ4n) is 1.52. The van der Waals surface area contributed by atoms with Gasteiger partial charge in [-0.25, -0.2) is 4.79 Å². The number of rotatable bonds is 7. The third-order valence-corrected chi connectivity index (χ3v) is 2.79. The number of carboxylic acids is 1. The molecule has 1 atom stereocenters. The first-order valence-corrected chi connectivity index (χ1v) is 6.33. The quantitative estimate of drug-likeness (QED) is 0.806. The molecule has 0 saturated heterocycles. The van der Waals surface area contributed by atoms with E-state index >= 15 is 0 Å². The van der Waals surface area contributed by atoms with Crippen molar-refractivity contribution in [2.45, 2.75) is 19.4 Å². The van der Waals surface area contributed by atoms with Crippen molar-refractivity contribution in [2.75, 3.05) is 19.0 Å². The predicted octanol–water partition coefficient (Wildman–Crippen LogP) is 2.17. The molecule has 1 aromatic carbocycles. The normalized spacial score (nSPS) is 11.8. The second-order valence-electron chi connectivity index (χ2n) is 3.95. The summed E-state index contributed by atoms with van der Waals surface area (Å²) in [6.07, 6.45) is 0.0206. The van der Waals surface area contributed by atoms with Gasteiger partial charge in [-0.05, 0) is 24.6 Å². The summed E-state index contributed by atoms with van der Waals surface area (Å²) in [6, 6.07) is 4.55. The minimum absolute atomic E-state index is 0.217. The Morgan fingerprint density at radius 2 is 2.15 bits per heavy atom. The molecule has 0 saturated carbocycles. The van der Waals surface area contributed by atoms with Crippen LogP contribution in [0.5, 0.6) is 5.75 Å². The van der Waals surface area contributed by atoms with Crippen LogP contribution >= 0.6 is 11.6 Å². The zero-order valence-electron chi connectivity index (χ0n) is 11.2. The van der Waals surface area contributed by atoms with E-state index in [2.05, 4.69) is 5.32 Å². The van der Waals surface area contributed by atoms with E-state index in [1.165, 1.54) is 19.2 Å². The van der Waals surface area contributed by atoms with Crippen LogP contribution in [0.4, 0.5) is 5.69 Å². The van der Waals surface area contributed by atoms with E-state index in [4.69, 9.17) is 26.2 Å². The van der Waals surface area contributed by atoms with Gasteiger partial charge in [0.25, 0.3) is 5.91 Å². The van der Waals surface area contributed by atoms with E-state index in [9.17, 15) is 9.59 Å². The van der Waals surface area contributed by atoms with Gasteiger partial charge in [0.2, 0.25) is 0 Å². The van der Waals surface area contributed by atoms with Crippen LogP contribution in [0.15, 0.2) is 18.2 Å². The molecule has 0 spiro atoms. The third kappa shape index (κ3) is 4.71. The van der Waals surface area contributed by atoms with E-state index in [-0.39, 0.29) is 16.7 Å². The number of carbonyl (C=O) groups is 2. The lowest BCUT2D eigenvalue weighted by molar-refractivity contribution is -0.139. The molecule has 1 unspecified atom stereocenters. The maximum atomic E-state index is 11.8. The number of aliphatic carboxylic acids is 1. The minimum atomic E-state index is -1.09. The first-order valence-electron chi connectivity index (χ1n) is 5.95. The molecule has 1 aromatic rings. The van der Waals surface area contributed by atoms with Crippen LogP contribution in [0, 0.1) is 0 Å². The van der Waals surface area contributed by atoms with E-state index < -0.39 is 18.7 Å². The van der Waals surface area contributed by atoms with E-state index in [0.717, 1.165) is 0 Å². The highest BCUT2D eigenvalue weighted by atomic mass is 35.5. The van der Waals surface area contributed by atoms with E-state index in [1.54, 1.807) is 6.07 Å². The maximum Gasteiger partial charge on any atom is 0.341 e. The van der Waals surface area contributed by atoms with Gasteiger partial charge in [-0.15, -0.1) is 0 Å². The van der Waals surface area contributed by atoms with E-state index in [0.29, 0.717) is 12.1 Å². The van der Waals surface area contributed by atoms with Gasteiger partial charge in [0, 0.05) is 12.8 Å². The molecular formula is C13H16ClNO5. The molecule has 1 amide bonds. The topological polar surface area (TPSA) is 84.9 Å². The molecule has 6 nitrogen and oxygen atoms in total. The zero-order valence-corrected chi connectivity index (χ0v) is 11.9. The maximum absolute atomic E-state index is 11.8. The molecule has 1 rings (SSSR count). The third-order valence-electron chi connectivity index (χ3n) is 2.50. The number of halogens is 1. The van der Waals surface area contributed by atoms with Gasteiger partial charge in [0.15, 0.2) is 6.61 Å². The number of nitrogens with one attached hydrogen (secondary N) is 1. The highest BCUT2D eigenvalue weighted by Crippen LogP contribution is 2.27. The number of hydrogen-bond acceptors (Lipinski definition) is 4. The molecule has 0 fully saturated rings. The SMILES string of the molecule is CCC(OC)C(=O)Nc1ccc(OCC(=O)O)c(Cl)c1. The number of anilines is 1. The first-order chi connectivity index (χ1) is 9.47. The summed E-state index contributed by atoms with van der Waals surface area (Å²) in [5.74, 6) is -1.12. The first kappa shape index (κ1) is 16.3. The lowest BCUT2D eigenvalue weighted by Crippen LogP contribution is -2.28. The van der Waals surface area contributed by atoms with Gasteiger partial charge in [-0.1, -0.05) is 18.5 Å². The highest BCUT2D eigenvalue weighted by molar-refractivity contribution is 6.32. The Kier molecular flexibility index (Phi) is 6.27. The Morgan fingerprint density at radius 3 is 2.65 bits per heavy atom. The number of carbonyl (C=O) groups excluding carboxylic acids is 1. The van der Waals surface area contributed by atoms with Crippen molar-refractivity contribution in [3.8, 4) is 5.75 Å². The largest absolute Gasteiger partial charge is 0.480 e. The second-order valence-corrected chi connectivity index (χ2v) is 4.36. The Bertz CT molecular complexity index is 488. The molecule has 0 bridgehead atoms. The Hall–Kier alpha value is -1.79. The van der Waals surface area contributed by atoms with Crippen LogP contribution in [-0.2, 0) is 14.3 Å². The molecule has 0 radical (unpaired) electrons.